The second kappa shape index (κ2) is 9.56. The first-order chi connectivity index (χ1) is 17.3. The number of piperidine rings is 1. The molecular formula is C25H25F3N6O2. The number of amides is 1. The van der Waals surface area contributed by atoms with Gasteiger partial charge in [-0.2, -0.15) is 18.3 Å². The van der Waals surface area contributed by atoms with Crippen molar-refractivity contribution in [2.75, 3.05) is 13.1 Å². The second-order valence-electron chi connectivity index (χ2n) is 8.82. The summed E-state index contributed by atoms with van der Waals surface area (Å²) in [6.07, 6.45) is -3.68. The maximum Gasteiger partial charge on any atom is 0.397 e. The molecule has 1 saturated heterocycles. The quantitative estimate of drug-likeness (QED) is 0.657. The van der Waals surface area contributed by atoms with Gasteiger partial charge in [0.15, 0.2) is 0 Å². The highest BCUT2D eigenvalue weighted by Crippen LogP contribution is 2.33. The fourth-order valence-electron chi connectivity index (χ4n) is 4.65. The number of rotatable bonds is 5. The van der Waals surface area contributed by atoms with E-state index in [4.69, 9.17) is 15.6 Å². The number of likely N-dealkylation sites (tertiary alicyclic amines) is 1. The van der Waals surface area contributed by atoms with Gasteiger partial charge in [0.1, 0.15) is 35.6 Å². The number of alkyl halides is 3. The average Bonchev–Trinajstić information content (AvgIpc) is 3.25. The number of benzene rings is 2. The fraction of sp³-hybridized carbons (Fsp3) is 0.320. The number of hydrogen-bond donors (Lipinski definition) is 2. The molecule has 3 aliphatic rings. The van der Waals surface area contributed by atoms with E-state index in [-0.39, 0.29) is 12.6 Å². The number of nitrogens with two attached hydrogens (primary N) is 1. The highest BCUT2D eigenvalue weighted by Gasteiger charge is 2.42. The Morgan fingerprint density at radius 3 is 2.56 bits per heavy atom. The van der Waals surface area contributed by atoms with Crippen LogP contribution in [-0.2, 0) is 4.79 Å². The van der Waals surface area contributed by atoms with Crippen LogP contribution in [0.3, 0.4) is 0 Å². The van der Waals surface area contributed by atoms with Crippen molar-refractivity contribution in [2.24, 2.45) is 15.8 Å². The third-order valence-corrected chi connectivity index (χ3v) is 6.30. The first kappa shape index (κ1) is 23.7. The number of para-hydroxylation sites is 1. The molecule has 0 aromatic heterocycles. The van der Waals surface area contributed by atoms with Gasteiger partial charge in [0, 0.05) is 18.7 Å². The van der Waals surface area contributed by atoms with Crippen LogP contribution in [0.15, 0.2) is 76.1 Å². The molecule has 1 fully saturated rings. The van der Waals surface area contributed by atoms with Gasteiger partial charge in [0.05, 0.1) is 18.0 Å². The summed E-state index contributed by atoms with van der Waals surface area (Å²) in [6.45, 7) is 0.446. The van der Waals surface area contributed by atoms with Crippen molar-refractivity contribution in [1.82, 2.24) is 15.2 Å². The van der Waals surface area contributed by atoms with Crippen LogP contribution in [0, 0.1) is 0 Å². The first-order valence-corrected chi connectivity index (χ1v) is 11.6. The van der Waals surface area contributed by atoms with Crippen LogP contribution >= 0.6 is 0 Å². The zero-order valence-corrected chi connectivity index (χ0v) is 19.3. The minimum Gasteiger partial charge on any atom is -0.457 e. The standard InChI is InChI=1S/C25H25F3N6O2/c26-25(27,28)13-20(35)33-12-4-5-17(14-33)34-24-21(23(29)30-15-31-24)22(32-34)16-8-10-19(11-9-16)36-18-6-2-1-3-7-18/h1-3,6-11,15,17,24H,4-5,12-14,29H2,(H,30,31). The number of aliphatic imine (C=N–C) groups is 1. The maximum absolute atomic E-state index is 12.8. The van der Waals surface area contributed by atoms with E-state index in [9.17, 15) is 18.0 Å². The molecule has 2 aromatic rings. The summed E-state index contributed by atoms with van der Waals surface area (Å²) in [5, 5.41) is 9.78. The van der Waals surface area contributed by atoms with Crippen LogP contribution in [0.2, 0.25) is 0 Å². The van der Waals surface area contributed by atoms with E-state index in [2.05, 4.69) is 10.3 Å². The molecule has 5 rings (SSSR count). The van der Waals surface area contributed by atoms with E-state index in [0.717, 1.165) is 11.3 Å². The molecule has 188 valence electrons. The van der Waals surface area contributed by atoms with Gasteiger partial charge < -0.3 is 20.7 Å². The zero-order chi connectivity index (χ0) is 25.3. The monoisotopic (exact) mass is 498 g/mol. The van der Waals surface area contributed by atoms with E-state index in [1.807, 2.05) is 54.6 Å². The van der Waals surface area contributed by atoms with Gasteiger partial charge in [0.25, 0.3) is 0 Å². The van der Waals surface area contributed by atoms with Crippen molar-refractivity contribution in [3.63, 3.8) is 0 Å². The zero-order valence-electron chi connectivity index (χ0n) is 19.3. The van der Waals surface area contributed by atoms with Crippen molar-refractivity contribution in [3.8, 4) is 11.5 Å². The lowest BCUT2D eigenvalue weighted by molar-refractivity contribution is -0.162. The molecule has 8 nitrogen and oxygen atoms in total. The van der Waals surface area contributed by atoms with Crippen molar-refractivity contribution >= 4 is 18.0 Å². The molecule has 3 heterocycles. The number of halogens is 3. The Morgan fingerprint density at radius 1 is 1.11 bits per heavy atom. The molecule has 0 saturated carbocycles. The van der Waals surface area contributed by atoms with Gasteiger partial charge in [-0.05, 0) is 49.2 Å². The lowest BCUT2D eigenvalue weighted by Gasteiger charge is -2.39. The van der Waals surface area contributed by atoms with Crippen LogP contribution in [-0.4, -0.2) is 59.3 Å². The number of nitrogens with one attached hydrogen (secondary N) is 1. The number of hydrogen-bond acceptors (Lipinski definition) is 7. The summed E-state index contributed by atoms with van der Waals surface area (Å²) >= 11 is 0. The van der Waals surface area contributed by atoms with Gasteiger partial charge in [-0.3, -0.25) is 9.80 Å². The summed E-state index contributed by atoms with van der Waals surface area (Å²) in [5.41, 5.74) is 8.33. The van der Waals surface area contributed by atoms with Crippen molar-refractivity contribution in [1.29, 1.82) is 0 Å². The third kappa shape index (κ3) is 5.00. The highest BCUT2D eigenvalue weighted by atomic mass is 19.4. The molecule has 36 heavy (non-hydrogen) atoms. The van der Waals surface area contributed by atoms with Crippen LogP contribution in [0.5, 0.6) is 11.5 Å². The summed E-state index contributed by atoms with van der Waals surface area (Å²) < 4.78 is 44.2. The maximum atomic E-state index is 12.8. The molecule has 0 aliphatic carbocycles. The summed E-state index contributed by atoms with van der Waals surface area (Å²) in [6, 6.07) is 16.5. The average molecular weight is 499 g/mol. The second-order valence-corrected chi connectivity index (χ2v) is 8.82. The Kier molecular flexibility index (Phi) is 6.29. The van der Waals surface area contributed by atoms with Crippen LogP contribution < -0.4 is 15.8 Å². The first-order valence-electron chi connectivity index (χ1n) is 11.6. The summed E-state index contributed by atoms with van der Waals surface area (Å²) in [4.78, 5) is 17.7. The Morgan fingerprint density at radius 2 is 1.83 bits per heavy atom. The van der Waals surface area contributed by atoms with Gasteiger partial charge in [-0.1, -0.05) is 18.2 Å². The molecular weight excluding hydrogens is 473 g/mol. The highest BCUT2D eigenvalue weighted by molar-refractivity contribution is 6.15. The number of carbonyl (C=O) groups excluding carboxylic acids is 1. The predicted octanol–water partition coefficient (Wildman–Crippen LogP) is 3.57. The number of hydrazone groups is 1. The smallest absolute Gasteiger partial charge is 0.397 e. The molecule has 3 aliphatic heterocycles. The minimum absolute atomic E-state index is 0.151. The molecule has 2 unspecified atom stereocenters. The van der Waals surface area contributed by atoms with Crippen LogP contribution in [0.4, 0.5) is 13.2 Å². The lowest BCUT2D eigenvalue weighted by Crippen LogP contribution is -2.54. The number of nitrogens with zero attached hydrogens (tertiary/aromatic N) is 4. The molecule has 2 atom stereocenters. The fourth-order valence-corrected chi connectivity index (χ4v) is 4.65. The van der Waals surface area contributed by atoms with E-state index < -0.39 is 24.7 Å². The van der Waals surface area contributed by atoms with E-state index >= 15 is 0 Å². The van der Waals surface area contributed by atoms with Crippen molar-refractivity contribution in [3.05, 3.63) is 71.6 Å². The normalized spacial score (nSPS) is 21.7. The van der Waals surface area contributed by atoms with E-state index in [0.29, 0.717) is 42.2 Å². The largest absolute Gasteiger partial charge is 0.457 e. The molecule has 2 aromatic carbocycles. The molecule has 0 bridgehead atoms. The number of carbonyl (C=O) groups is 1. The van der Waals surface area contributed by atoms with E-state index in [1.54, 1.807) is 5.01 Å². The lowest BCUT2D eigenvalue weighted by atomic mass is 9.99. The van der Waals surface area contributed by atoms with E-state index in [1.165, 1.54) is 11.2 Å². The Hall–Kier alpha value is -4.02. The molecule has 1 amide bonds. The van der Waals surface area contributed by atoms with Crippen molar-refractivity contribution < 1.29 is 22.7 Å². The van der Waals surface area contributed by atoms with Crippen LogP contribution in [0.25, 0.3) is 0 Å². The van der Waals surface area contributed by atoms with Gasteiger partial charge in [-0.15, -0.1) is 0 Å². The Labute approximate surface area is 205 Å². The SMILES string of the molecule is NC1=C2C(c3ccc(Oc4ccccc4)cc3)=NN(C3CCCN(C(=O)CC(F)(F)F)C3)C2NC=N1. The predicted molar refractivity (Wildman–Crippen MR) is 128 cm³/mol. The Balaban J connectivity index is 1.38. The van der Waals surface area contributed by atoms with Gasteiger partial charge in [0.2, 0.25) is 5.91 Å². The minimum atomic E-state index is -4.54. The number of ether oxygens (including phenoxy) is 1. The summed E-state index contributed by atoms with van der Waals surface area (Å²) in [5.74, 6) is 0.766. The molecule has 3 N–H and O–H groups in total. The molecule has 11 heteroatoms. The summed E-state index contributed by atoms with van der Waals surface area (Å²) in [7, 11) is 0. The number of fused-ring (bicyclic) bond motifs is 1. The molecule has 0 radical (unpaired) electrons. The van der Waals surface area contributed by atoms with Gasteiger partial charge in [-0.25, -0.2) is 4.99 Å². The Bertz CT molecular complexity index is 1210. The molecule has 0 spiro atoms. The van der Waals surface area contributed by atoms with Crippen LogP contribution in [0.1, 0.15) is 24.8 Å². The van der Waals surface area contributed by atoms with Crippen molar-refractivity contribution in [2.45, 2.75) is 37.6 Å². The van der Waals surface area contributed by atoms with Gasteiger partial charge >= 0.3 is 6.18 Å². The third-order valence-electron chi connectivity index (χ3n) is 6.30. The topological polar surface area (TPSA) is 95.5 Å².